The number of nitrogens with one attached hydrogen (secondary N) is 1. The highest BCUT2D eigenvalue weighted by atomic mass is 35.5. The van der Waals surface area contributed by atoms with Gasteiger partial charge in [0.05, 0.1) is 25.4 Å². The second-order valence-electron chi connectivity index (χ2n) is 4.87. The molecule has 1 aliphatic heterocycles. The van der Waals surface area contributed by atoms with E-state index in [0.29, 0.717) is 17.3 Å². The SMILES string of the molecule is OC(CNc1cc(F)cc(Cl)c1)COCC1CCCO1. The number of benzene rings is 1. The molecule has 4 nitrogen and oxygen atoms in total. The van der Waals surface area contributed by atoms with E-state index in [1.165, 1.54) is 12.1 Å². The summed E-state index contributed by atoms with van der Waals surface area (Å²) in [6.07, 6.45) is 1.56. The number of anilines is 1. The molecule has 2 rings (SSSR count). The summed E-state index contributed by atoms with van der Waals surface area (Å²) in [5, 5.41) is 13.0. The maximum Gasteiger partial charge on any atom is 0.126 e. The fourth-order valence-corrected chi connectivity index (χ4v) is 2.28. The Morgan fingerprint density at radius 3 is 3.05 bits per heavy atom. The minimum absolute atomic E-state index is 0.150. The average molecular weight is 304 g/mol. The molecule has 0 aliphatic carbocycles. The van der Waals surface area contributed by atoms with E-state index in [-0.39, 0.29) is 19.3 Å². The third-order valence-corrected chi connectivity index (χ3v) is 3.26. The highest BCUT2D eigenvalue weighted by molar-refractivity contribution is 6.30. The number of hydrogen-bond donors (Lipinski definition) is 2. The van der Waals surface area contributed by atoms with Crippen LogP contribution in [0, 0.1) is 5.82 Å². The molecule has 2 unspecified atom stereocenters. The predicted molar refractivity (Wildman–Crippen MR) is 75.7 cm³/mol. The lowest BCUT2D eigenvalue weighted by Crippen LogP contribution is -2.27. The first kappa shape index (κ1) is 15.5. The van der Waals surface area contributed by atoms with Crippen molar-refractivity contribution < 1.29 is 19.0 Å². The van der Waals surface area contributed by atoms with Gasteiger partial charge in [-0.25, -0.2) is 4.39 Å². The molecular formula is C14H19ClFNO3. The van der Waals surface area contributed by atoms with Gasteiger partial charge in [0, 0.05) is 23.9 Å². The van der Waals surface area contributed by atoms with E-state index in [9.17, 15) is 9.50 Å². The van der Waals surface area contributed by atoms with Gasteiger partial charge in [-0.3, -0.25) is 0 Å². The van der Waals surface area contributed by atoms with E-state index in [1.807, 2.05) is 0 Å². The molecule has 20 heavy (non-hydrogen) atoms. The second kappa shape index (κ2) is 7.78. The molecular weight excluding hydrogens is 285 g/mol. The van der Waals surface area contributed by atoms with Crippen molar-refractivity contribution >= 4 is 17.3 Å². The van der Waals surface area contributed by atoms with Crippen LogP contribution in [0.1, 0.15) is 12.8 Å². The molecule has 1 saturated heterocycles. The third-order valence-electron chi connectivity index (χ3n) is 3.04. The minimum atomic E-state index is -0.668. The van der Waals surface area contributed by atoms with Gasteiger partial charge in [0.2, 0.25) is 0 Å². The molecule has 2 N–H and O–H groups in total. The van der Waals surface area contributed by atoms with Gasteiger partial charge in [0.25, 0.3) is 0 Å². The molecule has 112 valence electrons. The summed E-state index contributed by atoms with van der Waals surface area (Å²) in [5.74, 6) is -0.413. The molecule has 6 heteroatoms. The van der Waals surface area contributed by atoms with E-state index >= 15 is 0 Å². The Balaban J connectivity index is 1.65. The molecule has 0 saturated carbocycles. The third kappa shape index (κ3) is 5.25. The van der Waals surface area contributed by atoms with Crippen molar-refractivity contribution in [2.45, 2.75) is 25.0 Å². The highest BCUT2D eigenvalue weighted by Crippen LogP contribution is 2.18. The van der Waals surface area contributed by atoms with Gasteiger partial charge in [0.1, 0.15) is 5.82 Å². The first-order valence-corrected chi connectivity index (χ1v) is 7.08. The fourth-order valence-electron chi connectivity index (χ4n) is 2.06. The summed E-state index contributed by atoms with van der Waals surface area (Å²) >= 11 is 5.74. The van der Waals surface area contributed by atoms with Crippen molar-refractivity contribution in [1.82, 2.24) is 0 Å². The van der Waals surface area contributed by atoms with Crippen LogP contribution < -0.4 is 5.32 Å². The summed E-state index contributed by atoms with van der Waals surface area (Å²) in [7, 11) is 0. The van der Waals surface area contributed by atoms with Crippen LogP contribution in [0.2, 0.25) is 5.02 Å². The lowest BCUT2D eigenvalue weighted by molar-refractivity contribution is -0.0137. The predicted octanol–water partition coefficient (Wildman–Crippen LogP) is 2.45. The maximum atomic E-state index is 13.1. The largest absolute Gasteiger partial charge is 0.389 e. The Morgan fingerprint density at radius 2 is 2.35 bits per heavy atom. The van der Waals surface area contributed by atoms with E-state index < -0.39 is 11.9 Å². The van der Waals surface area contributed by atoms with Crippen LogP contribution in [-0.4, -0.2) is 43.7 Å². The van der Waals surface area contributed by atoms with Crippen LogP contribution >= 0.6 is 11.6 Å². The van der Waals surface area contributed by atoms with Crippen molar-refractivity contribution in [3.8, 4) is 0 Å². The standard InChI is InChI=1S/C14H19ClFNO3/c15-10-4-11(16)6-12(5-10)17-7-13(18)8-19-9-14-2-1-3-20-14/h4-6,13-14,17-18H,1-3,7-9H2. The van der Waals surface area contributed by atoms with Gasteiger partial charge in [-0.15, -0.1) is 0 Å². The van der Waals surface area contributed by atoms with Crippen molar-refractivity contribution in [2.75, 3.05) is 31.7 Å². The van der Waals surface area contributed by atoms with Crippen molar-refractivity contribution in [2.24, 2.45) is 0 Å². The number of aliphatic hydroxyl groups excluding tert-OH is 1. The smallest absolute Gasteiger partial charge is 0.126 e. The monoisotopic (exact) mass is 303 g/mol. The maximum absolute atomic E-state index is 13.1. The van der Waals surface area contributed by atoms with Crippen LogP contribution in [0.4, 0.5) is 10.1 Å². The van der Waals surface area contributed by atoms with Crippen LogP contribution in [0.5, 0.6) is 0 Å². The number of ether oxygens (including phenoxy) is 2. The average Bonchev–Trinajstić information content (AvgIpc) is 2.88. The van der Waals surface area contributed by atoms with Crippen molar-refractivity contribution in [1.29, 1.82) is 0 Å². The first-order valence-electron chi connectivity index (χ1n) is 6.71. The van der Waals surface area contributed by atoms with Crippen molar-refractivity contribution in [3.63, 3.8) is 0 Å². The summed E-state index contributed by atoms with van der Waals surface area (Å²) < 4.78 is 23.9. The second-order valence-corrected chi connectivity index (χ2v) is 5.30. The van der Waals surface area contributed by atoms with Crippen LogP contribution in [0.3, 0.4) is 0 Å². The van der Waals surface area contributed by atoms with E-state index in [4.69, 9.17) is 21.1 Å². The molecule has 1 aromatic carbocycles. The van der Waals surface area contributed by atoms with Gasteiger partial charge in [-0.2, -0.15) is 0 Å². The summed E-state index contributed by atoms with van der Waals surface area (Å²) in [6, 6.07) is 4.16. The number of halogens is 2. The first-order chi connectivity index (χ1) is 9.63. The molecule has 0 spiro atoms. The Kier molecular flexibility index (Phi) is 6.04. The summed E-state index contributed by atoms with van der Waals surface area (Å²) in [6.45, 7) is 1.78. The van der Waals surface area contributed by atoms with Gasteiger partial charge < -0.3 is 19.9 Å². The van der Waals surface area contributed by atoms with Gasteiger partial charge in [-0.1, -0.05) is 11.6 Å². The Bertz CT molecular complexity index is 407. The molecule has 0 aromatic heterocycles. The normalized spacial score (nSPS) is 20.1. The fraction of sp³-hybridized carbons (Fsp3) is 0.571. The van der Waals surface area contributed by atoms with E-state index in [1.54, 1.807) is 6.07 Å². The lowest BCUT2D eigenvalue weighted by Gasteiger charge is -2.15. The van der Waals surface area contributed by atoms with Gasteiger partial charge in [0.15, 0.2) is 0 Å². The summed E-state index contributed by atoms with van der Waals surface area (Å²) in [5.41, 5.74) is 0.535. The van der Waals surface area contributed by atoms with E-state index in [2.05, 4.69) is 5.32 Å². The van der Waals surface area contributed by atoms with Gasteiger partial charge >= 0.3 is 0 Å². The highest BCUT2D eigenvalue weighted by Gasteiger charge is 2.16. The van der Waals surface area contributed by atoms with Crippen LogP contribution in [0.15, 0.2) is 18.2 Å². The number of hydrogen-bond acceptors (Lipinski definition) is 4. The molecule has 0 bridgehead atoms. The molecule has 1 fully saturated rings. The Hall–Kier alpha value is -0.880. The quantitative estimate of drug-likeness (QED) is 0.812. The zero-order chi connectivity index (χ0) is 14.4. The molecule has 0 radical (unpaired) electrons. The Labute approximate surface area is 122 Å². The molecule has 0 amide bonds. The van der Waals surface area contributed by atoms with E-state index in [0.717, 1.165) is 19.4 Å². The molecule has 2 atom stereocenters. The Morgan fingerprint density at radius 1 is 1.50 bits per heavy atom. The minimum Gasteiger partial charge on any atom is -0.389 e. The van der Waals surface area contributed by atoms with Crippen LogP contribution in [0.25, 0.3) is 0 Å². The zero-order valence-corrected chi connectivity index (χ0v) is 11.9. The number of aliphatic hydroxyl groups is 1. The number of rotatable bonds is 7. The lowest BCUT2D eigenvalue weighted by atomic mass is 10.2. The summed E-state index contributed by atoms with van der Waals surface area (Å²) in [4.78, 5) is 0. The molecule has 1 aromatic rings. The topological polar surface area (TPSA) is 50.7 Å². The van der Waals surface area contributed by atoms with Crippen molar-refractivity contribution in [3.05, 3.63) is 29.0 Å². The van der Waals surface area contributed by atoms with Gasteiger partial charge in [-0.05, 0) is 31.0 Å². The zero-order valence-electron chi connectivity index (χ0n) is 11.1. The molecule has 1 aliphatic rings. The van der Waals surface area contributed by atoms with Crippen LogP contribution in [-0.2, 0) is 9.47 Å². The molecule has 1 heterocycles.